The van der Waals surface area contributed by atoms with Crippen molar-refractivity contribution in [3.05, 3.63) is 31.9 Å². The van der Waals surface area contributed by atoms with Crippen LogP contribution in [0, 0.1) is 0 Å². The van der Waals surface area contributed by atoms with E-state index in [0.717, 1.165) is 29.1 Å². The van der Waals surface area contributed by atoms with E-state index in [1.165, 1.54) is 15.4 Å². The third kappa shape index (κ3) is 4.42. The molecule has 116 valence electrons. The molecule has 2 rings (SSSR count). The summed E-state index contributed by atoms with van der Waals surface area (Å²) in [6.45, 7) is 9.27. The summed E-state index contributed by atoms with van der Waals surface area (Å²) in [7, 11) is 2.09. The van der Waals surface area contributed by atoms with Gasteiger partial charge in [-0.25, -0.2) is 4.98 Å². The Bertz CT molecular complexity index is 577. The van der Waals surface area contributed by atoms with Crippen LogP contribution in [-0.2, 0) is 13.1 Å². The zero-order chi connectivity index (χ0) is 15.4. The highest BCUT2D eigenvalue weighted by molar-refractivity contribution is 7.16. The minimum atomic E-state index is 0.452. The van der Waals surface area contributed by atoms with Crippen molar-refractivity contribution in [2.24, 2.45) is 0 Å². The second-order valence-corrected chi connectivity index (χ2v) is 8.16. The lowest BCUT2D eigenvalue weighted by Gasteiger charge is -2.14. The molecule has 2 aromatic rings. The van der Waals surface area contributed by atoms with Gasteiger partial charge in [-0.2, -0.15) is 0 Å². The smallest absolute Gasteiger partial charge is 0.185 e. The molecule has 21 heavy (non-hydrogen) atoms. The third-order valence-corrected chi connectivity index (χ3v) is 5.55. The maximum absolute atomic E-state index is 6.00. The van der Waals surface area contributed by atoms with Gasteiger partial charge >= 0.3 is 0 Å². The molecule has 0 aliphatic rings. The Balaban J connectivity index is 2.14. The Hall–Kier alpha value is -0.620. The molecule has 2 aromatic heterocycles. The molecule has 0 aliphatic heterocycles. The van der Waals surface area contributed by atoms with Gasteiger partial charge < -0.3 is 10.2 Å². The van der Waals surface area contributed by atoms with E-state index in [0.29, 0.717) is 5.92 Å². The number of thiophene rings is 1. The lowest BCUT2D eigenvalue weighted by molar-refractivity contribution is 0.713. The summed E-state index contributed by atoms with van der Waals surface area (Å²) in [5.41, 5.74) is 1.21. The van der Waals surface area contributed by atoms with E-state index in [-0.39, 0.29) is 0 Å². The van der Waals surface area contributed by atoms with Crippen LogP contribution in [0.25, 0.3) is 0 Å². The van der Waals surface area contributed by atoms with E-state index in [9.17, 15) is 0 Å². The molecule has 0 aromatic carbocycles. The lowest BCUT2D eigenvalue weighted by atomic mass is 10.1. The number of thiazole rings is 1. The van der Waals surface area contributed by atoms with Crippen LogP contribution in [0.3, 0.4) is 0 Å². The van der Waals surface area contributed by atoms with Crippen LogP contribution in [0.4, 0.5) is 5.13 Å². The van der Waals surface area contributed by atoms with E-state index in [4.69, 9.17) is 16.6 Å². The number of nitrogens with zero attached hydrogens (tertiary/aromatic N) is 2. The van der Waals surface area contributed by atoms with Crippen molar-refractivity contribution in [1.82, 2.24) is 10.3 Å². The molecule has 0 spiro atoms. The minimum Gasteiger partial charge on any atom is -0.346 e. The fourth-order valence-electron chi connectivity index (χ4n) is 2.07. The normalized spacial score (nSPS) is 11.3. The van der Waals surface area contributed by atoms with Crippen LogP contribution in [0.5, 0.6) is 0 Å². The molecule has 0 bridgehead atoms. The molecule has 0 saturated carbocycles. The quantitative estimate of drug-likeness (QED) is 0.787. The van der Waals surface area contributed by atoms with E-state index in [2.05, 4.69) is 44.1 Å². The number of hydrogen-bond acceptors (Lipinski definition) is 5. The van der Waals surface area contributed by atoms with Crippen molar-refractivity contribution in [2.75, 3.05) is 18.5 Å². The van der Waals surface area contributed by atoms with Crippen molar-refractivity contribution in [2.45, 2.75) is 39.8 Å². The van der Waals surface area contributed by atoms with Gasteiger partial charge in [0.2, 0.25) is 0 Å². The van der Waals surface area contributed by atoms with Crippen LogP contribution < -0.4 is 10.2 Å². The highest BCUT2D eigenvalue weighted by atomic mass is 35.5. The maximum Gasteiger partial charge on any atom is 0.185 e. The van der Waals surface area contributed by atoms with Gasteiger partial charge in [0.15, 0.2) is 5.13 Å². The second kappa shape index (κ2) is 7.58. The number of anilines is 1. The van der Waals surface area contributed by atoms with E-state index < -0.39 is 0 Å². The van der Waals surface area contributed by atoms with E-state index in [1.807, 2.05) is 6.07 Å². The van der Waals surface area contributed by atoms with Gasteiger partial charge in [-0.15, -0.1) is 22.7 Å². The summed E-state index contributed by atoms with van der Waals surface area (Å²) in [4.78, 5) is 9.65. The Kier molecular flexibility index (Phi) is 6.05. The molecule has 0 saturated heterocycles. The van der Waals surface area contributed by atoms with Crippen molar-refractivity contribution in [1.29, 1.82) is 0 Å². The summed E-state index contributed by atoms with van der Waals surface area (Å²) in [6.07, 6.45) is 0. The van der Waals surface area contributed by atoms with Crippen LogP contribution >= 0.6 is 34.3 Å². The standard InChI is InChI=1S/C15H22ClN3S2/c1-5-17-8-12-14(10(2)3)18-15(21-12)19(4)9-11-6-7-13(16)20-11/h6-7,10,17H,5,8-9H2,1-4H3. The van der Waals surface area contributed by atoms with Crippen molar-refractivity contribution in [3.63, 3.8) is 0 Å². The van der Waals surface area contributed by atoms with Gasteiger partial charge in [0.25, 0.3) is 0 Å². The predicted octanol–water partition coefficient (Wildman–Crippen LogP) is 4.73. The fourth-order valence-corrected chi connectivity index (χ4v) is 4.35. The Morgan fingerprint density at radius 2 is 2.10 bits per heavy atom. The molecular weight excluding hydrogens is 322 g/mol. The molecule has 2 heterocycles. The van der Waals surface area contributed by atoms with E-state index in [1.54, 1.807) is 22.7 Å². The zero-order valence-electron chi connectivity index (χ0n) is 12.9. The molecule has 0 aliphatic carbocycles. The molecule has 0 radical (unpaired) electrons. The van der Waals surface area contributed by atoms with Crippen molar-refractivity contribution < 1.29 is 0 Å². The molecule has 0 unspecified atom stereocenters. The Morgan fingerprint density at radius 1 is 1.33 bits per heavy atom. The first-order valence-electron chi connectivity index (χ1n) is 7.17. The van der Waals surface area contributed by atoms with Crippen LogP contribution in [0.15, 0.2) is 12.1 Å². The zero-order valence-corrected chi connectivity index (χ0v) is 15.3. The van der Waals surface area contributed by atoms with Gasteiger partial charge in [-0.05, 0) is 24.6 Å². The Labute approximate surface area is 140 Å². The largest absolute Gasteiger partial charge is 0.346 e. The van der Waals surface area contributed by atoms with Gasteiger partial charge in [0.05, 0.1) is 16.6 Å². The molecule has 6 heteroatoms. The summed E-state index contributed by atoms with van der Waals surface area (Å²) in [6, 6.07) is 4.04. The average molecular weight is 344 g/mol. The molecule has 0 atom stereocenters. The first kappa shape index (κ1) is 16.7. The van der Waals surface area contributed by atoms with E-state index >= 15 is 0 Å². The SMILES string of the molecule is CCNCc1sc(N(C)Cc2ccc(Cl)s2)nc1C(C)C. The summed E-state index contributed by atoms with van der Waals surface area (Å²) < 4.78 is 0.841. The number of hydrogen-bond donors (Lipinski definition) is 1. The van der Waals surface area contributed by atoms with Crippen molar-refractivity contribution in [3.8, 4) is 0 Å². The number of aromatic nitrogens is 1. The van der Waals surface area contributed by atoms with Crippen molar-refractivity contribution >= 4 is 39.4 Å². The lowest BCUT2D eigenvalue weighted by Crippen LogP contribution is -2.15. The molecule has 3 nitrogen and oxygen atoms in total. The first-order chi connectivity index (χ1) is 10.0. The molecule has 1 N–H and O–H groups in total. The van der Waals surface area contributed by atoms with Crippen LogP contribution in [0.1, 0.15) is 42.1 Å². The highest BCUT2D eigenvalue weighted by Gasteiger charge is 2.16. The maximum atomic E-state index is 6.00. The second-order valence-electron chi connectivity index (χ2n) is 5.30. The number of nitrogens with one attached hydrogen (secondary N) is 1. The van der Waals surface area contributed by atoms with Gasteiger partial charge in [-0.1, -0.05) is 32.4 Å². The highest BCUT2D eigenvalue weighted by Crippen LogP contribution is 2.32. The third-order valence-electron chi connectivity index (χ3n) is 3.15. The Morgan fingerprint density at radius 3 is 2.67 bits per heavy atom. The molecular formula is C15H22ClN3S2. The summed E-state index contributed by atoms with van der Waals surface area (Å²) in [5, 5.41) is 4.48. The van der Waals surface area contributed by atoms with Crippen LogP contribution in [-0.4, -0.2) is 18.6 Å². The topological polar surface area (TPSA) is 28.2 Å². The summed E-state index contributed by atoms with van der Waals surface area (Å²) >= 11 is 9.41. The number of rotatable bonds is 7. The minimum absolute atomic E-state index is 0.452. The first-order valence-corrected chi connectivity index (χ1v) is 9.18. The van der Waals surface area contributed by atoms with Crippen LogP contribution in [0.2, 0.25) is 4.34 Å². The average Bonchev–Trinajstić information content (AvgIpc) is 3.03. The fraction of sp³-hybridized carbons (Fsp3) is 0.533. The van der Waals surface area contributed by atoms with Gasteiger partial charge in [0.1, 0.15) is 0 Å². The van der Waals surface area contributed by atoms with Gasteiger partial charge in [-0.3, -0.25) is 0 Å². The monoisotopic (exact) mass is 343 g/mol. The predicted molar refractivity (Wildman–Crippen MR) is 95.0 cm³/mol. The molecule has 0 amide bonds. The number of halogens is 1. The molecule has 0 fully saturated rings. The summed E-state index contributed by atoms with van der Waals surface area (Å²) in [5.74, 6) is 0.452. The van der Waals surface area contributed by atoms with Gasteiger partial charge in [0, 0.05) is 23.3 Å².